The molecule has 6 nitrogen and oxygen atoms in total. The van der Waals surface area contributed by atoms with Gasteiger partial charge in [-0.05, 0) is 103 Å². The van der Waals surface area contributed by atoms with E-state index in [1.165, 1.54) is 89.9 Å². The summed E-state index contributed by atoms with van der Waals surface area (Å²) in [5, 5.41) is 10.1. The highest BCUT2D eigenvalue weighted by molar-refractivity contribution is 5.75. The maximum atomic E-state index is 12.7. The summed E-state index contributed by atoms with van der Waals surface area (Å²) in [6.07, 6.45) is 54.3. The summed E-state index contributed by atoms with van der Waals surface area (Å²) >= 11 is 0. The molecule has 0 heterocycles. The minimum atomic E-state index is -0.191. The van der Waals surface area contributed by atoms with Crippen LogP contribution in [-0.2, 0) is 23.9 Å². The topological polar surface area (TPSA) is 89.9 Å². The molecule has 0 aliphatic heterocycles. The minimum Gasteiger partial charge on any atom is -0.462 e. The van der Waals surface area contributed by atoms with Crippen molar-refractivity contribution < 1.29 is 29.0 Å². The number of unbranched alkanes of at least 4 members (excludes halogenated alkanes) is 24. The first-order valence-corrected chi connectivity index (χ1v) is 26.3. The predicted molar refractivity (Wildman–Crippen MR) is 261 cm³/mol. The van der Waals surface area contributed by atoms with Crippen LogP contribution in [0.2, 0.25) is 0 Å². The van der Waals surface area contributed by atoms with Crippen LogP contribution in [0.5, 0.6) is 0 Å². The van der Waals surface area contributed by atoms with Crippen molar-refractivity contribution in [2.24, 2.45) is 0 Å². The van der Waals surface area contributed by atoms with E-state index in [4.69, 9.17) is 9.47 Å². The number of ketones is 1. The van der Waals surface area contributed by atoms with Gasteiger partial charge in [0.05, 0.1) is 6.10 Å². The highest BCUT2D eigenvalue weighted by Gasteiger charge is 2.14. The van der Waals surface area contributed by atoms with Gasteiger partial charge < -0.3 is 19.4 Å². The van der Waals surface area contributed by atoms with Crippen LogP contribution in [0, 0.1) is 0 Å². The molecule has 3 atom stereocenters. The van der Waals surface area contributed by atoms with Crippen LogP contribution < -0.4 is 0 Å². The Labute approximate surface area is 378 Å². The highest BCUT2D eigenvalue weighted by atomic mass is 16.5. The second-order valence-electron chi connectivity index (χ2n) is 18.2. The standard InChI is InChI=1S/C55H100O6/c1-5-8-11-33-42-51(57)43-34-27-21-15-18-24-30-39-48-54(58)61-53(45-36-13-10-7-3)47-38-29-23-17-19-25-31-40-49-55(59)60-52(44-35-12-9-6-2)46-37-28-22-16-14-20-26-32-41-50(4)56/h27-29,34,37-38,51-53,57H,5-26,30-33,35-36,39-49H2,1-4H3/b34-27-,37-28-,38-29-. The Kier molecular flexibility index (Phi) is 45.6. The van der Waals surface area contributed by atoms with Gasteiger partial charge in [-0.1, -0.05) is 179 Å². The molecule has 0 aliphatic rings. The van der Waals surface area contributed by atoms with E-state index in [1.807, 2.05) is 0 Å². The smallest absolute Gasteiger partial charge is 0.306 e. The second-order valence-corrected chi connectivity index (χ2v) is 18.2. The average Bonchev–Trinajstić information content (AvgIpc) is 3.24. The van der Waals surface area contributed by atoms with Gasteiger partial charge in [-0.3, -0.25) is 9.59 Å². The number of Topliss-reactive ketones (excluding diaryl/α,β-unsaturated/α-hetero) is 1. The molecule has 0 rings (SSSR count). The van der Waals surface area contributed by atoms with Gasteiger partial charge in [0.1, 0.15) is 18.0 Å². The van der Waals surface area contributed by atoms with Gasteiger partial charge in [-0.15, -0.1) is 0 Å². The van der Waals surface area contributed by atoms with Gasteiger partial charge in [-0.2, -0.15) is 0 Å². The third kappa shape index (κ3) is 45.6. The molecule has 0 spiro atoms. The summed E-state index contributed by atoms with van der Waals surface area (Å²) in [7, 11) is 0. The number of allylic oxidation sites excluding steroid dienone is 3. The van der Waals surface area contributed by atoms with Gasteiger partial charge in [0.15, 0.2) is 0 Å². The fourth-order valence-electron chi connectivity index (χ4n) is 7.85. The molecule has 0 aromatic carbocycles. The number of hydrogen-bond donors (Lipinski definition) is 1. The molecule has 61 heavy (non-hydrogen) atoms. The molecule has 1 N–H and O–H groups in total. The minimum absolute atomic E-state index is 0.00533. The zero-order valence-corrected chi connectivity index (χ0v) is 40.8. The number of aliphatic hydroxyl groups excluding tert-OH is 1. The molecule has 0 bridgehead atoms. The quantitative estimate of drug-likeness (QED) is 0.0372. The van der Waals surface area contributed by atoms with E-state index < -0.39 is 0 Å². The molecule has 6 heteroatoms. The van der Waals surface area contributed by atoms with Gasteiger partial charge in [0, 0.05) is 32.1 Å². The highest BCUT2D eigenvalue weighted by Crippen LogP contribution is 2.18. The van der Waals surface area contributed by atoms with Crippen LogP contribution in [0.4, 0.5) is 0 Å². The molecule has 0 amide bonds. The first kappa shape index (κ1) is 58.8. The van der Waals surface area contributed by atoms with E-state index >= 15 is 0 Å². The Morgan fingerprint density at radius 1 is 0.393 bits per heavy atom. The van der Waals surface area contributed by atoms with Crippen molar-refractivity contribution in [2.75, 3.05) is 0 Å². The van der Waals surface area contributed by atoms with E-state index in [9.17, 15) is 19.5 Å². The van der Waals surface area contributed by atoms with Crippen LogP contribution in [0.3, 0.4) is 0 Å². The van der Waals surface area contributed by atoms with Crippen molar-refractivity contribution >= 4 is 17.7 Å². The third-order valence-electron chi connectivity index (χ3n) is 11.9. The van der Waals surface area contributed by atoms with E-state index in [0.29, 0.717) is 25.0 Å². The summed E-state index contributed by atoms with van der Waals surface area (Å²) < 4.78 is 12.0. The Balaban J connectivity index is 4.25. The predicted octanol–water partition coefficient (Wildman–Crippen LogP) is 16.7. The Morgan fingerprint density at radius 3 is 1.11 bits per heavy atom. The third-order valence-corrected chi connectivity index (χ3v) is 11.9. The lowest BCUT2D eigenvalue weighted by Crippen LogP contribution is -2.17. The fourth-order valence-corrected chi connectivity index (χ4v) is 7.85. The summed E-state index contributed by atoms with van der Waals surface area (Å²) in [6.45, 7) is 8.35. The maximum Gasteiger partial charge on any atom is 0.306 e. The Morgan fingerprint density at radius 2 is 0.721 bits per heavy atom. The monoisotopic (exact) mass is 857 g/mol. The number of esters is 2. The van der Waals surface area contributed by atoms with Crippen molar-refractivity contribution in [3.8, 4) is 0 Å². The zero-order valence-electron chi connectivity index (χ0n) is 40.8. The van der Waals surface area contributed by atoms with Crippen molar-refractivity contribution in [1.82, 2.24) is 0 Å². The number of carbonyl (C=O) groups is 3. The van der Waals surface area contributed by atoms with Gasteiger partial charge in [0.2, 0.25) is 0 Å². The molecule has 0 radical (unpaired) electrons. The summed E-state index contributed by atoms with van der Waals surface area (Å²) in [5.41, 5.74) is 0. The van der Waals surface area contributed by atoms with Crippen LogP contribution in [-0.4, -0.2) is 41.1 Å². The maximum absolute atomic E-state index is 12.7. The lowest BCUT2D eigenvalue weighted by Gasteiger charge is -2.17. The van der Waals surface area contributed by atoms with Gasteiger partial charge in [-0.25, -0.2) is 0 Å². The molecular formula is C55H100O6. The number of rotatable bonds is 47. The molecule has 0 saturated carbocycles. The van der Waals surface area contributed by atoms with Crippen LogP contribution in [0.15, 0.2) is 36.5 Å². The largest absolute Gasteiger partial charge is 0.462 e. The Bertz CT molecular complexity index is 1060. The van der Waals surface area contributed by atoms with Gasteiger partial charge >= 0.3 is 11.9 Å². The molecular weight excluding hydrogens is 757 g/mol. The van der Waals surface area contributed by atoms with Gasteiger partial charge in [0.25, 0.3) is 0 Å². The molecule has 3 unspecified atom stereocenters. The van der Waals surface area contributed by atoms with E-state index in [0.717, 1.165) is 141 Å². The average molecular weight is 857 g/mol. The normalized spacial score (nSPS) is 13.4. The molecule has 0 aromatic heterocycles. The Hall–Kier alpha value is -2.21. The van der Waals surface area contributed by atoms with E-state index in [2.05, 4.69) is 57.2 Å². The lowest BCUT2D eigenvalue weighted by molar-refractivity contribution is -0.150. The fraction of sp³-hybridized carbons (Fsp3) is 0.836. The van der Waals surface area contributed by atoms with E-state index in [1.54, 1.807) is 6.92 Å². The summed E-state index contributed by atoms with van der Waals surface area (Å²) in [6, 6.07) is 0. The first-order valence-electron chi connectivity index (χ1n) is 26.3. The van der Waals surface area contributed by atoms with Crippen LogP contribution >= 0.6 is 0 Å². The number of ether oxygens (including phenoxy) is 2. The molecule has 0 aliphatic carbocycles. The van der Waals surface area contributed by atoms with Crippen molar-refractivity contribution in [2.45, 2.75) is 296 Å². The number of aliphatic hydroxyl groups is 1. The summed E-state index contributed by atoms with van der Waals surface area (Å²) in [5.74, 6) is 0.220. The molecule has 356 valence electrons. The van der Waals surface area contributed by atoms with Crippen molar-refractivity contribution in [1.29, 1.82) is 0 Å². The van der Waals surface area contributed by atoms with Crippen molar-refractivity contribution in [3.63, 3.8) is 0 Å². The second kappa shape index (κ2) is 47.3. The first-order chi connectivity index (χ1) is 29.8. The SMILES string of the molecule is CCCCCCC(O)C/C=C\CCCCCCCC(=O)OC(C/C=C\CCCCCCCC(=O)OC(C/C=C\CCCCCCCC(C)=O)CCCCCC)CCCCCC. The number of hydrogen-bond acceptors (Lipinski definition) is 6. The van der Waals surface area contributed by atoms with Crippen LogP contribution in [0.1, 0.15) is 278 Å². The molecule has 0 saturated heterocycles. The van der Waals surface area contributed by atoms with E-state index in [-0.39, 0.29) is 30.3 Å². The van der Waals surface area contributed by atoms with Crippen molar-refractivity contribution in [3.05, 3.63) is 36.5 Å². The number of carbonyl (C=O) groups excluding carboxylic acids is 3. The lowest BCUT2D eigenvalue weighted by atomic mass is 10.0. The summed E-state index contributed by atoms with van der Waals surface area (Å²) in [4.78, 5) is 36.5. The zero-order chi connectivity index (χ0) is 44.7. The van der Waals surface area contributed by atoms with Crippen LogP contribution in [0.25, 0.3) is 0 Å². The molecule has 0 fully saturated rings. The molecule has 0 aromatic rings.